The van der Waals surface area contributed by atoms with Crippen LogP contribution in [0.25, 0.3) is 0 Å². The Bertz CT molecular complexity index is 431. The monoisotopic (exact) mass is 231 g/mol. The summed E-state index contributed by atoms with van der Waals surface area (Å²) in [6.45, 7) is 6.31. The van der Waals surface area contributed by atoms with Gasteiger partial charge in [0.1, 0.15) is 0 Å². The topological polar surface area (TPSA) is 43.1 Å². The van der Waals surface area contributed by atoms with Crippen LogP contribution in [0.1, 0.15) is 54.1 Å². The molecule has 0 heterocycles. The van der Waals surface area contributed by atoms with Crippen molar-refractivity contribution in [2.24, 2.45) is 11.7 Å². The number of rotatable bonds is 3. The van der Waals surface area contributed by atoms with Crippen molar-refractivity contribution in [1.29, 1.82) is 0 Å². The molecule has 1 aromatic carbocycles. The molecule has 0 atom stereocenters. The van der Waals surface area contributed by atoms with Crippen LogP contribution in [0.15, 0.2) is 18.2 Å². The maximum absolute atomic E-state index is 12.3. The third kappa shape index (κ3) is 2.42. The van der Waals surface area contributed by atoms with E-state index in [9.17, 15) is 4.79 Å². The minimum Gasteiger partial charge on any atom is -0.328 e. The molecule has 2 N–H and O–H groups in total. The summed E-state index contributed by atoms with van der Waals surface area (Å²) in [6, 6.07) is 6.47. The first kappa shape index (κ1) is 12.3. The standard InChI is InChI=1S/C15H21NO/c1-9(2)11-5-4-10(3)14(8-11)15(17)12-6-13(16)7-12/h4-5,8-9,12-13H,6-7,16H2,1-3H3. The van der Waals surface area contributed by atoms with Crippen LogP contribution in [0.3, 0.4) is 0 Å². The summed E-state index contributed by atoms with van der Waals surface area (Å²) >= 11 is 0. The maximum atomic E-state index is 12.3. The third-order valence-corrected chi connectivity index (χ3v) is 3.74. The summed E-state index contributed by atoms with van der Waals surface area (Å²) < 4.78 is 0. The van der Waals surface area contributed by atoms with Crippen molar-refractivity contribution >= 4 is 5.78 Å². The lowest BCUT2D eigenvalue weighted by Crippen LogP contribution is -2.40. The van der Waals surface area contributed by atoms with Gasteiger partial charge in [0.2, 0.25) is 0 Å². The Kier molecular flexibility index (Phi) is 3.34. The molecule has 2 nitrogen and oxygen atoms in total. The van der Waals surface area contributed by atoms with Gasteiger partial charge in [-0.05, 0) is 42.9 Å². The van der Waals surface area contributed by atoms with E-state index in [0.29, 0.717) is 5.92 Å². The van der Waals surface area contributed by atoms with Crippen molar-refractivity contribution in [3.63, 3.8) is 0 Å². The predicted molar refractivity (Wildman–Crippen MR) is 70.3 cm³/mol. The first-order chi connectivity index (χ1) is 7.99. The smallest absolute Gasteiger partial charge is 0.166 e. The van der Waals surface area contributed by atoms with Crippen LogP contribution in [0, 0.1) is 12.8 Å². The fourth-order valence-corrected chi connectivity index (χ4v) is 2.36. The van der Waals surface area contributed by atoms with Crippen LogP contribution in [0.5, 0.6) is 0 Å². The molecular weight excluding hydrogens is 210 g/mol. The number of hydrogen-bond acceptors (Lipinski definition) is 2. The van der Waals surface area contributed by atoms with Gasteiger partial charge in [0.15, 0.2) is 5.78 Å². The van der Waals surface area contributed by atoms with E-state index in [1.54, 1.807) is 0 Å². The van der Waals surface area contributed by atoms with E-state index in [2.05, 4.69) is 32.0 Å². The molecule has 92 valence electrons. The van der Waals surface area contributed by atoms with Crippen LogP contribution >= 0.6 is 0 Å². The molecule has 0 saturated heterocycles. The number of carbonyl (C=O) groups is 1. The summed E-state index contributed by atoms with van der Waals surface area (Å²) in [5.74, 6) is 0.906. The number of benzene rings is 1. The maximum Gasteiger partial charge on any atom is 0.166 e. The molecule has 0 unspecified atom stereocenters. The zero-order chi connectivity index (χ0) is 12.6. The highest BCUT2D eigenvalue weighted by molar-refractivity contribution is 5.99. The van der Waals surface area contributed by atoms with Gasteiger partial charge in [-0.25, -0.2) is 0 Å². The first-order valence-electron chi connectivity index (χ1n) is 6.39. The quantitative estimate of drug-likeness (QED) is 0.812. The molecule has 2 heteroatoms. The van der Waals surface area contributed by atoms with Crippen molar-refractivity contribution in [2.45, 2.75) is 45.6 Å². The van der Waals surface area contributed by atoms with Crippen LogP contribution < -0.4 is 5.73 Å². The average molecular weight is 231 g/mol. The molecular formula is C15H21NO. The largest absolute Gasteiger partial charge is 0.328 e. The fourth-order valence-electron chi connectivity index (χ4n) is 2.36. The Morgan fingerprint density at radius 2 is 2.00 bits per heavy atom. The number of nitrogens with two attached hydrogens (primary N) is 1. The summed E-state index contributed by atoms with van der Waals surface area (Å²) in [6.07, 6.45) is 1.70. The molecule has 0 amide bonds. The Morgan fingerprint density at radius 1 is 1.35 bits per heavy atom. The van der Waals surface area contributed by atoms with E-state index in [4.69, 9.17) is 5.73 Å². The van der Waals surface area contributed by atoms with Gasteiger partial charge in [-0.1, -0.05) is 26.0 Å². The van der Waals surface area contributed by atoms with Crippen LogP contribution in [-0.2, 0) is 0 Å². The molecule has 17 heavy (non-hydrogen) atoms. The molecule has 1 aliphatic rings. The summed E-state index contributed by atoms with van der Waals surface area (Å²) in [5.41, 5.74) is 8.97. The molecule has 1 aromatic rings. The summed E-state index contributed by atoms with van der Waals surface area (Å²) in [7, 11) is 0. The van der Waals surface area contributed by atoms with Crippen LogP contribution in [0.2, 0.25) is 0 Å². The molecule has 1 aliphatic carbocycles. The fraction of sp³-hybridized carbons (Fsp3) is 0.533. The second kappa shape index (κ2) is 4.61. The highest BCUT2D eigenvalue weighted by atomic mass is 16.1. The van der Waals surface area contributed by atoms with Gasteiger partial charge in [0.05, 0.1) is 0 Å². The lowest BCUT2D eigenvalue weighted by atomic mass is 9.75. The first-order valence-corrected chi connectivity index (χ1v) is 6.39. The minimum atomic E-state index is 0.158. The van der Waals surface area contributed by atoms with Gasteiger partial charge >= 0.3 is 0 Å². The van der Waals surface area contributed by atoms with E-state index < -0.39 is 0 Å². The zero-order valence-electron chi connectivity index (χ0n) is 10.9. The second-order valence-electron chi connectivity index (χ2n) is 5.52. The number of Topliss-reactive ketones (excluding diaryl/α,β-unsaturated/α-hetero) is 1. The third-order valence-electron chi connectivity index (χ3n) is 3.74. The van der Waals surface area contributed by atoms with E-state index in [0.717, 1.165) is 24.0 Å². The summed E-state index contributed by atoms with van der Waals surface area (Å²) in [4.78, 5) is 12.3. The molecule has 0 bridgehead atoms. The molecule has 0 spiro atoms. The van der Waals surface area contributed by atoms with E-state index in [-0.39, 0.29) is 17.7 Å². The van der Waals surface area contributed by atoms with Crippen LogP contribution in [0.4, 0.5) is 0 Å². The molecule has 1 fully saturated rings. The Balaban J connectivity index is 2.24. The van der Waals surface area contributed by atoms with Gasteiger partial charge in [0.25, 0.3) is 0 Å². The molecule has 0 radical (unpaired) electrons. The molecule has 0 aromatic heterocycles. The Morgan fingerprint density at radius 3 is 2.53 bits per heavy atom. The van der Waals surface area contributed by atoms with E-state index in [1.807, 2.05) is 6.92 Å². The predicted octanol–water partition coefficient (Wildman–Crippen LogP) is 3.04. The van der Waals surface area contributed by atoms with Crippen molar-refractivity contribution < 1.29 is 4.79 Å². The van der Waals surface area contributed by atoms with Gasteiger partial charge < -0.3 is 5.73 Å². The van der Waals surface area contributed by atoms with Crippen molar-refractivity contribution in [1.82, 2.24) is 0 Å². The summed E-state index contributed by atoms with van der Waals surface area (Å²) in [5, 5.41) is 0. The molecule has 0 aliphatic heterocycles. The Hall–Kier alpha value is -1.15. The van der Waals surface area contributed by atoms with Gasteiger partial charge in [-0.15, -0.1) is 0 Å². The minimum absolute atomic E-state index is 0.158. The number of hydrogen-bond donors (Lipinski definition) is 1. The zero-order valence-corrected chi connectivity index (χ0v) is 10.9. The lowest BCUT2D eigenvalue weighted by molar-refractivity contribution is 0.0832. The van der Waals surface area contributed by atoms with Crippen molar-refractivity contribution in [2.75, 3.05) is 0 Å². The molecule has 1 saturated carbocycles. The van der Waals surface area contributed by atoms with E-state index in [1.165, 1.54) is 5.56 Å². The van der Waals surface area contributed by atoms with Crippen molar-refractivity contribution in [3.05, 3.63) is 34.9 Å². The molecule has 2 rings (SSSR count). The van der Waals surface area contributed by atoms with Gasteiger partial charge in [-0.2, -0.15) is 0 Å². The van der Waals surface area contributed by atoms with E-state index >= 15 is 0 Å². The number of aryl methyl sites for hydroxylation is 1. The van der Waals surface area contributed by atoms with Crippen molar-refractivity contribution in [3.8, 4) is 0 Å². The average Bonchev–Trinajstić information content (AvgIpc) is 2.24. The van der Waals surface area contributed by atoms with Gasteiger partial charge in [0, 0.05) is 17.5 Å². The van der Waals surface area contributed by atoms with Gasteiger partial charge in [-0.3, -0.25) is 4.79 Å². The second-order valence-corrected chi connectivity index (χ2v) is 5.52. The highest BCUT2D eigenvalue weighted by Crippen LogP contribution is 2.31. The number of carbonyl (C=O) groups excluding carboxylic acids is 1. The normalized spacial score (nSPS) is 23.6. The number of ketones is 1. The van der Waals surface area contributed by atoms with Crippen LogP contribution in [-0.4, -0.2) is 11.8 Å². The lowest BCUT2D eigenvalue weighted by Gasteiger charge is -2.31. The highest BCUT2D eigenvalue weighted by Gasteiger charge is 2.33. The SMILES string of the molecule is Cc1ccc(C(C)C)cc1C(=O)C1CC(N)C1. The Labute approximate surface area is 103 Å².